The Labute approximate surface area is 248 Å². The van der Waals surface area contributed by atoms with Crippen LogP contribution in [0.2, 0.25) is 0 Å². The summed E-state index contributed by atoms with van der Waals surface area (Å²) < 4.78 is 9.99. The minimum absolute atomic E-state index is 0.0121. The Kier molecular flexibility index (Phi) is 21.7. The molecule has 1 aromatic carbocycles. The Bertz CT molecular complexity index is 851. The second kappa shape index (κ2) is 24.3. The van der Waals surface area contributed by atoms with Gasteiger partial charge in [-0.2, -0.15) is 0 Å². The number of allylic oxidation sites excluding steroid dienone is 1. The van der Waals surface area contributed by atoms with Crippen molar-refractivity contribution in [3.8, 4) is 11.5 Å². The fourth-order valence-corrected chi connectivity index (χ4v) is 4.66. The van der Waals surface area contributed by atoms with Gasteiger partial charge in [0, 0.05) is 6.08 Å². The van der Waals surface area contributed by atoms with Crippen molar-refractivity contribution >= 4 is 12.0 Å². The van der Waals surface area contributed by atoms with Crippen LogP contribution in [-0.4, -0.2) is 58.4 Å². The van der Waals surface area contributed by atoms with Crippen LogP contribution in [0.3, 0.4) is 0 Å². The third-order valence-electron chi connectivity index (χ3n) is 7.31. The van der Waals surface area contributed by atoms with Gasteiger partial charge < -0.3 is 29.9 Å². The van der Waals surface area contributed by atoms with E-state index in [1.54, 1.807) is 12.1 Å². The first-order valence-electron chi connectivity index (χ1n) is 15.8. The number of aliphatic hydroxyl groups is 3. The predicted octanol–water partition coefficient (Wildman–Crippen LogP) is 7.25. The number of phenols is 1. The molecule has 0 aliphatic heterocycles. The predicted molar refractivity (Wildman–Crippen MR) is 166 cm³/mol. The molecule has 0 heterocycles. The van der Waals surface area contributed by atoms with Crippen LogP contribution in [0, 0.1) is 0 Å². The summed E-state index contributed by atoms with van der Waals surface area (Å²) in [5, 5.41) is 40.0. The number of aliphatic hydroxyl groups excluding tert-OH is 3. The van der Waals surface area contributed by atoms with E-state index in [2.05, 4.69) is 6.92 Å². The van der Waals surface area contributed by atoms with Crippen molar-refractivity contribution in [2.24, 2.45) is 0 Å². The normalized spacial score (nSPS) is 14.0. The van der Waals surface area contributed by atoms with E-state index >= 15 is 0 Å². The topological polar surface area (TPSA) is 116 Å². The summed E-state index contributed by atoms with van der Waals surface area (Å²) in [5.41, 5.74) is 0.613. The number of unbranched alkanes of at least 4 members (excludes halogenated alkanes) is 16. The van der Waals surface area contributed by atoms with Crippen LogP contribution in [0.5, 0.6) is 11.5 Å². The zero-order valence-electron chi connectivity index (χ0n) is 25.5. The molecule has 3 unspecified atom stereocenters. The maximum Gasteiger partial charge on any atom is 0.330 e. The average Bonchev–Trinajstić information content (AvgIpc) is 2.98. The fraction of sp³-hybridized carbons (Fsp3) is 0.676. The van der Waals surface area contributed by atoms with Gasteiger partial charge in [0.15, 0.2) is 11.5 Å². The number of methoxy groups -OCH3 is 1. The largest absolute Gasteiger partial charge is 0.504 e. The molecule has 7 nitrogen and oxygen atoms in total. The van der Waals surface area contributed by atoms with Crippen molar-refractivity contribution < 1.29 is 34.7 Å². The van der Waals surface area contributed by atoms with Crippen LogP contribution in [0.1, 0.15) is 122 Å². The molecule has 0 spiro atoms. The number of aromatic hydroxyl groups is 1. The summed E-state index contributed by atoms with van der Waals surface area (Å²) in [5.74, 6) is -0.449. The van der Waals surface area contributed by atoms with Gasteiger partial charge in [0.1, 0.15) is 24.9 Å². The number of rotatable bonds is 25. The monoisotopic (exact) mass is 576 g/mol. The summed E-state index contributed by atoms with van der Waals surface area (Å²) >= 11 is 0. The van der Waals surface area contributed by atoms with E-state index in [1.807, 2.05) is 6.08 Å². The lowest BCUT2D eigenvalue weighted by atomic mass is 10.0. The number of esters is 1. The van der Waals surface area contributed by atoms with E-state index in [9.17, 15) is 25.2 Å². The van der Waals surface area contributed by atoms with Crippen molar-refractivity contribution in [1.29, 1.82) is 0 Å². The minimum Gasteiger partial charge on any atom is -0.504 e. The molecule has 3 atom stereocenters. The van der Waals surface area contributed by atoms with Gasteiger partial charge in [-0.3, -0.25) is 0 Å². The Morgan fingerprint density at radius 1 is 0.829 bits per heavy atom. The smallest absolute Gasteiger partial charge is 0.330 e. The maximum atomic E-state index is 11.9. The van der Waals surface area contributed by atoms with E-state index < -0.39 is 30.9 Å². The molecule has 0 bridgehead atoms. The van der Waals surface area contributed by atoms with E-state index in [0.717, 1.165) is 19.3 Å². The molecule has 1 aromatic rings. The van der Waals surface area contributed by atoms with Crippen molar-refractivity contribution in [3.63, 3.8) is 0 Å². The molecule has 0 saturated carbocycles. The molecule has 0 amide bonds. The lowest BCUT2D eigenvalue weighted by Gasteiger charge is -2.20. The zero-order valence-corrected chi connectivity index (χ0v) is 25.5. The zero-order chi connectivity index (χ0) is 30.1. The first-order chi connectivity index (χ1) is 19.9. The van der Waals surface area contributed by atoms with Crippen molar-refractivity contribution in [2.75, 3.05) is 13.7 Å². The molecule has 234 valence electrons. The Morgan fingerprint density at radius 2 is 1.37 bits per heavy atom. The van der Waals surface area contributed by atoms with Crippen LogP contribution in [0.15, 0.2) is 36.4 Å². The van der Waals surface area contributed by atoms with Crippen molar-refractivity contribution in [1.82, 2.24) is 0 Å². The molecule has 0 aliphatic rings. The number of phenolic OH excluding ortho intramolecular Hbond substituents is 1. The molecule has 4 N–H and O–H groups in total. The molecule has 0 radical (unpaired) electrons. The van der Waals surface area contributed by atoms with E-state index in [0.29, 0.717) is 5.56 Å². The van der Waals surface area contributed by atoms with Gasteiger partial charge >= 0.3 is 5.97 Å². The van der Waals surface area contributed by atoms with Gasteiger partial charge in [-0.15, -0.1) is 0 Å². The summed E-state index contributed by atoms with van der Waals surface area (Å²) in [6.07, 6.45) is 23.8. The summed E-state index contributed by atoms with van der Waals surface area (Å²) in [7, 11) is 1.43. The second-order valence-corrected chi connectivity index (χ2v) is 11.0. The van der Waals surface area contributed by atoms with E-state index in [1.165, 1.54) is 121 Å². The highest BCUT2D eigenvalue weighted by Crippen LogP contribution is 2.26. The summed E-state index contributed by atoms with van der Waals surface area (Å²) in [6.45, 7) is 1.81. The molecular formula is C34H56O7. The van der Waals surface area contributed by atoms with Crippen molar-refractivity contribution in [2.45, 2.75) is 134 Å². The quantitative estimate of drug-likeness (QED) is 0.0419. The number of carbonyl (C=O) groups is 1. The SMILES string of the molecule is CCCCCCCCCCCCCCCCCC/C=C\C(O)C(O)C(O)COC(=O)/C=C/c1ccc(O)c(OC)c1. The molecule has 0 saturated heterocycles. The van der Waals surface area contributed by atoms with Gasteiger partial charge in [-0.1, -0.05) is 121 Å². The lowest BCUT2D eigenvalue weighted by molar-refractivity contribution is -0.144. The molecule has 0 fully saturated rings. The minimum atomic E-state index is -1.46. The molecular weight excluding hydrogens is 520 g/mol. The third-order valence-corrected chi connectivity index (χ3v) is 7.31. The molecule has 7 heteroatoms. The fourth-order valence-electron chi connectivity index (χ4n) is 4.66. The average molecular weight is 577 g/mol. The van der Waals surface area contributed by atoms with E-state index in [4.69, 9.17) is 9.47 Å². The van der Waals surface area contributed by atoms with Crippen LogP contribution < -0.4 is 4.74 Å². The first kappa shape index (κ1) is 36.7. The van der Waals surface area contributed by atoms with Gasteiger partial charge in [0.05, 0.1) is 7.11 Å². The maximum absolute atomic E-state index is 11.9. The lowest BCUT2D eigenvalue weighted by Crippen LogP contribution is -2.39. The Hall–Kier alpha value is -2.35. The van der Waals surface area contributed by atoms with Crippen LogP contribution in [0.4, 0.5) is 0 Å². The third kappa shape index (κ3) is 18.7. The second-order valence-electron chi connectivity index (χ2n) is 11.0. The number of carbonyl (C=O) groups excluding carboxylic acids is 1. The molecule has 41 heavy (non-hydrogen) atoms. The summed E-state index contributed by atoms with van der Waals surface area (Å²) in [4.78, 5) is 11.9. The number of benzene rings is 1. The van der Waals surface area contributed by atoms with Gasteiger partial charge in [-0.05, 0) is 36.6 Å². The highest BCUT2D eigenvalue weighted by atomic mass is 16.5. The molecule has 1 rings (SSSR count). The molecule has 0 aromatic heterocycles. The number of ether oxygens (including phenoxy) is 2. The van der Waals surface area contributed by atoms with Gasteiger partial charge in [-0.25, -0.2) is 4.79 Å². The van der Waals surface area contributed by atoms with Gasteiger partial charge in [0.25, 0.3) is 0 Å². The number of hydrogen-bond donors (Lipinski definition) is 4. The summed E-state index contributed by atoms with van der Waals surface area (Å²) in [6, 6.07) is 4.60. The van der Waals surface area contributed by atoms with Crippen LogP contribution in [-0.2, 0) is 9.53 Å². The highest BCUT2D eigenvalue weighted by molar-refractivity contribution is 5.87. The number of hydrogen-bond acceptors (Lipinski definition) is 7. The first-order valence-corrected chi connectivity index (χ1v) is 15.8. The van der Waals surface area contributed by atoms with Gasteiger partial charge in [0.2, 0.25) is 0 Å². The van der Waals surface area contributed by atoms with Crippen LogP contribution in [0.25, 0.3) is 6.08 Å². The molecule has 0 aliphatic carbocycles. The standard InChI is InChI=1S/C34H56O7/c1-3-4-5-6-7-8-9-10-11-12-13-14-15-16-17-18-19-20-21-30(36)34(39)31(37)27-41-33(38)25-23-28-22-24-29(35)32(26-28)40-2/h20-26,30-31,34-37,39H,3-19,27H2,1-2H3/b21-20-,25-23+. The Morgan fingerprint density at radius 3 is 1.90 bits per heavy atom. The van der Waals surface area contributed by atoms with E-state index in [-0.39, 0.29) is 11.5 Å². The Balaban J connectivity index is 2.05. The van der Waals surface area contributed by atoms with Crippen molar-refractivity contribution in [3.05, 3.63) is 42.0 Å². The van der Waals surface area contributed by atoms with Crippen LogP contribution >= 0.6 is 0 Å². The highest BCUT2D eigenvalue weighted by Gasteiger charge is 2.23.